The number of fused-ring (bicyclic) bond motifs is 1. The van der Waals surface area contributed by atoms with E-state index in [-0.39, 0.29) is 34.2 Å². The SMILES string of the molecule is CC(C)OC(=O)COc1c(Br)cc(Cl)cc1C=Nn1c(-c2cccc(C(F)(F)F)c2)nc2ccccc2c1=O. The third-order valence-corrected chi connectivity index (χ3v) is 6.06. The molecule has 39 heavy (non-hydrogen) atoms. The fraction of sp³-hybridized carbons (Fsp3) is 0.185. The molecule has 0 radical (unpaired) electrons. The molecular formula is C27H20BrClF3N3O4. The summed E-state index contributed by atoms with van der Waals surface area (Å²) in [5.74, 6) is -0.520. The Bertz CT molecular complexity index is 1640. The normalized spacial score (nSPS) is 11.9. The Hall–Kier alpha value is -3.70. The number of alkyl halides is 3. The maximum absolute atomic E-state index is 13.4. The topological polar surface area (TPSA) is 82.8 Å². The van der Waals surface area contributed by atoms with Crippen LogP contribution in [0.5, 0.6) is 5.75 Å². The molecule has 12 heteroatoms. The number of carbonyl (C=O) groups excluding carboxylic acids is 1. The minimum Gasteiger partial charge on any atom is -0.480 e. The Balaban J connectivity index is 1.84. The standard InChI is InChI=1S/C27H20BrClF3N3O4/c1-15(2)39-23(36)14-38-24-17(11-19(29)12-21(24)28)13-33-35-25(16-6-5-7-18(10-16)27(30,31)32)34-22-9-4-3-8-20(22)26(35)37/h3-13,15H,14H2,1-2H3. The van der Waals surface area contributed by atoms with Crippen LogP contribution < -0.4 is 10.3 Å². The second kappa shape index (κ2) is 11.6. The van der Waals surface area contributed by atoms with Crippen molar-refractivity contribution in [3.8, 4) is 17.1 Å². The molecule has 0 atom stereocenters. The molecule has 0 aliphatic carbocycles. The lowest BCUT2D eigenvalue weighted by Gasteiger charge is -2.14. The number of ether oxygens (including phenoxy) is 2. The van der Waals surface area contributed by atoms with Gasteiger partial charge in [0.15, 0.2) is 12.4 Å². The van der Waals surface area contributed by atoms with Crippen molar-refractivity contribution in [2.24, 2.45) is 5.10 Å². The Morgan fingerprint density at radius 1 is 1.15 bits per heavy atom. The number of benzene rings is 3. The summed E-state index contributed by atoms with van der Waals surface area (Å²) >= 11 is 9.55. The number of aromatic nitrogens is 2. The van der Waals surface area contributed by atoms with Crippen LogP contribution in [-0.2, 0) is 15.7 Å². The first kappa shape index (κ1) is 28.3. The average molecular weight is 623 g/mol. The minimum atomic E-state index is -4.60. The van der Waals surface area contributed by atoms with E-state index in [4.69, 9.17) is 21.1 Å². The summed E-state index contributed by atoms with van der Waals surface area (Å²) in [5, 5.41) is 4.78. The third-order valence-electron chi connectivity index (χ3n) is 5.25. The van der Waals surface area contributed by atoms with Gasteiger partial charge in [-0.15, -0.1) is 0 Å². The largest absolute Gasteiger partial charge is 0.480 e. The van der Waals surface area contributed by atoms with E-state index in [1.54, 1.807) is 38.1 Å². The predicted octanol–water partition coefficient (Wildman–Crippen LogP) is 6.71. The highest BCUT2D eigenvalue weighted by molar-refractivity contribution is 9.10. The first-order chi connectivity index (χ1) is 18.4. The number of esters is 1. The maximum atomic E-state index is 13.4. The van der Waals surface area contributed by atoms with E-state index in [2.05, 4.69) is 26.0 Å². The number of hydrogen-bond donors (Lipinski definition) is 0. The number of nitrogens with zero attached hydrogens (tertiary/aromatic N) is 3. The Labute approximate surface area is 234 Å². The summed E-state index contributed by atoms with van der Waals surface area (Å²) in [6, 6.07) is 13.9. The van der Waals surface area contributed by atoms with Crippen LogP contribution in [0.2, 0.25) is 5.02 Å². The summed E-state index contributed by atoms with van der Waals surface area (Å²) in [7, 11) is 0. The number of rotatable bonds is 7. The summed E-state index contributed by atoms with van der Waals surface area (Å²) in [6.07, 6.45) is -3.69. The van der Waals surface area contributed by atoms with Crippen LogP contribution in [0, 0.1) is 0 Å². The van der Waals surface area contributed by atoms with Crippen LogP contribution in [0.15, 0.2) is 75.0 Å². The highest BCUT2D eigenvalue weighted by atomic mass is 79.9. The van der Waals surface area contributed by atoms with Crippen molar-refractivity contribution in [1.29, 1.82) is 0 Å². The van der Waals surface area contributed by atoms with E-state index in [1.165, 1.54) is 30.5 Å². The van der Waals surface area contributed by atoms with Crippen LogP contribution in [0.3, 0.4) is 0 Å². The van der Waals surface area contributed by atoms with Crippen molar-refractivity contribution >= 4 is 50.6 Å². The lowest BCUT2D eigenvalue weighted by Crippen LogP contribution is -2.21. The van der Waals surface area contributed by atoms with Gasteiger partial charge in [0.2, 0.25) is 0 Å². The zero-order valence-corrected chi connectivity index (χ0v) is 22.8. The Morgan fingerprint density at radius 2 is 1.90 bits per heavy atom. The summed E-state index contributed by atoms with van der Waals surface area (Å²) in [5.41, 5.74) is -0.902. The fourth-order valence-electron chi connectivity index (χ4n) is 3.63. The van der Waals surface area contributed by atoms with Crippen molar-refractivity contribution in [3.63, 3.8) is 0 Å². The molecule has 1 heterocycles. The maximum Gasteiger partial charge on any atom is 0.416 e. The number of halogens is 5. The lowest BCUT2D eigenvalue weighted by molar-refractivity contribution is -0.149. The van der Waals surface area contributed by atoms with Gasteiger partial charge < -0.3 is 9.47 Å². The van der Waals surface area contributed by atoms with Crippen molar-refractivity contribution in [2.75, 3.05) is 6.61 Å². The van der Waals surface area contributed by atoms with E-state index < -0.39 is 29.9 Å². The first-order valence-electron chi connectivity index (χ1n) is 11.5. The molecule has 0 amide bonds. The molecule has 3 aromatic carbocycles. The number of para-hydroxylation sites is 1. The highest BCUT2D eigenvalue weighted by Crippen LogP contribution is 2.33. The van der Waals surface area contributed by atoms with Gasteiger partial charge in [0.05, 0.1) is 33.3 Å². The van der Waals surface area contributed by atoms with E-state index in [9.17, 15) is 22.8 Å². The second-order valence-corrected chi connectivity index (χ2v) is 9.82. The molecule has 0 spiro atoms. The van der Waals surface area contributed by atoms with Gasteiger partial charge in [-0.25, -0.2) is 9.78 Å². The Morgan fingerprint density at radius 3 is 2.62 bits per heavy atom. The molecule has 0 saturated heterocycles. The summed E-state index contributed by atoms with van der Waals surface area (Å²) < 4.78 is 52.3. The van der Waals surface area contributed by atoms with Crippen molar-refractivity contribution in [3.05, 3.63) is 91.6 Å². The Kier molecular flexibility index (Phi) is 8.41. The predicted molar refractivity (Wildman–Crippen MR) is 145 cm³/mol. The summed E-state index contributed by atoms with van der Waals surface area (Å²) in [6.45, 7) is 2.99. The van der Waals surface area contributed by atoms with E-state index in [0.717, 1.165) is 16.8 Å². The van der Waals surface area contributed by atoms with Gasteiger partial charge in [-0.05, 0) is 66.2 Å². The zero-order chi connectivity index (χ0) is 28.3. The highest BCUT2D eigenvalue weighted by Gasteiger charge is 2.31. The number of carbonyl (C=O) groups is 1. The zero-order valence-electron chi connectivity index (χ0n) is 20.5. The molecule has 0 N–H and O–H groups in total. The van der Waals surface area contributed by atoms with Crippen LogP contribution >= 0.6 is 27.5 Å². The molecule has 4 rings (SSSR count). The van der Waals surface area contributed by atoms with Gasteiger partial charge in [-0.1, -0.05) is 35.9 Å². The van der Waals surface area contributed by atoms with E-state index in [1.807, 2.05) is 0 Å². The van der Waals surface area contributed by atoms with Gasteiger partial charge in [-0.2, -0.15) is 22.9 Å². The van der Waals surface area contributed by atoms with Gasteiger partial charge >= 0.3 is 12.1 Å². The van der Waals surface area contributed by atoms with Gasteiger partial charge in [0.25, 0.3) is 5.56 Å². The van der Waals surface area contributed by atoms with Crippen LogP contribution in [-0.4, -0.2) is 34.6 Å². The van der Waals surface area contributed by atoms with E-state index >= 15 is 0 Å². The molecule has 4 aromatic rings. The average Bonchev–Trinajstić information content (AvgIpc) is 2.86. The van der Waals surface area contributed by atoms with Gasteiger partial charge in [0, 0.05) is 16.1 Å². The molecule has 0 fully saturated rings. The van der Waals surface area contributed by atoms with Crippen molar-refractivity contribution in [1.82, 2.24) is 9.66 Å². The summed E-state index contributed by atoms with van der Waals surface area (Å²) in [4.78, 5) is 29.9. The number of hydrogen-bond acceptors (Lipinski definition) is 6. The molecule has 0 saturated carbocycles. The fourth-order valence-corrected chi connectivity index (χ4v) is 4.58. The molecule has 202 valence electrons. The van der Waals surface area contributed by atoms with Crippen LogP contribution in [0.1, 0.15) is 25.0 Å². The van der Waals surface area contributed by atoms with Crippen LogP contribution in [0.4, 0.5) is 13.2 Å². The minimum absolute atomic E-state index is 0.0324. The second-order valence-electron chi connectivity index (χ2n) is 8.53. The van der Waals surface area contributed by atoms with Crippen molar-refractivity contribution in [2.45, 2.75) is 26.1 Å². The molecule has 0 unspecified atom stereocenters. The quantitative estimate of drug-likeness (QED) is 0.169. The lowest BCUT2D eigenvalue weighted by atomic mass is 10.1. The van der Waals surface area contributed by atoms with Gasteiger partial charge in [0.1, 0.15) is 5.75 Å². The third kappa shape index (κ3) is 6.66. The molecule has 0 bridgehead atoms. The van der Waals surface area contributed by atoms with Crippen LogP contribution in [0.25, 0.3) is 22.3 Å². The smallest absolute Gasteiger partial charge is 0.416 e. The molecular weight excluding hydrogens is 603 g/mol. The first-order valence-corrected chi connectivity index (χ1v) is 12.7. The van der Waals surface area contributed by atoms with Crippen molar-refractivity contribution < 1.29 is 27.4 Å². The molecule has 1 aromatic heterocycles. The molecule has 7 nitrogen and oxygen atoms in total. The monoisotopic (exact) mass is 621 g/mol. The molecule has 0 aliphatic heterocycles. The molecule has 0 aliphatic rings. The van der Waals surface area contributed by atoms with E-state index in [0.29, 0.717) is 15.0 Å². The van der Waals surface area contributed by atoms with Gasteiger partial charge in [-0.3, -0.25) is 4.79 Å².